The predicted octanol–water partition coefficient (Wildman–Crippen LogP) is -0.473. The first kappa shape index (κ1) is 6.32. The Labute approximate surface area is 53.1 Å². The van der Waals surface area contributed by atoms with Crippen molar-refractivity contribution in [2.45, 2.75) is 6.04 Å². The first-order valence-electron chi connectivity index (χ1n) is 2.20. The van der Waals surface area contributed by atoms with Crippen LogP contribution in [0.5, 0.6) is 0 Å². The molecule has 0 amide bonds. The second-order valence-electron chi connectivity index (χ2n) is 1.75. The first-order valence-corrected chi connectivity index (χ1v) is 4.39. The summed E-state index contributed by atoms with van der Waals surface area (Å²) in [6.45, 7) is 0. The molecule has 0 aromatic heterocycles. The second kappa shape index (κ2) is 1.86. The smallest absolute Gasteiger partial charge is 0.212 e. The average molecular weight is 156 g/mol. The molecule has 0 bridgehead atoms. The number of hydrogen-bond acceptors (Lipinski definition) is 2. The third-order valence-corrected chi connectivity index (χ3v) is 2.86. The maximum atomic E-state index is 10.3. The summed E-state index contributed by atoms with van der Waals surface area (Å²) in [7, 11) is -2.88. The minimum absolute atomic E-state index is 0.0123. The Morgan fingerprint density at radius 2 is 2.25 bits per heavy atom. The SMILES string of the molecule is O=S1(=O)C[C@@H](CCl)N1. The van der Waals surface area contributed by atoms with E-state index in [1.54, 1.807) is 0 Å². The van der Waals surface area contributed by atoms with Crippen molar-refractivity contribution in [3.8, 4) is 0 Å². The molecule has 1 aliphatic heterocycles. The van der Waals surface area contributed by atoms with Crippen LogP contribution in [-0.2, 0) is 10.0 Å². The zero-order valence-electron chi connectivity index (χ0n) is 4.09. The fraction of sp³-hybridized carbons (Fsp3) is 1.00. The molecular formula is C3H6ClNO2S. The van der Waals surface area contributed by atoms with Gasteiger partial charge in [-0.25, -0.2) is 13.1 Å². The molecule has 0 unspecified atom stereocenters. The van der Waals surface area contributed by atoms with Gasteiger partial charge in [0.15, 0.2) is 0 Å². The summed E-state index contributed by atoms with van der Waals surface area (Å²) < 4.78 is 22.9. The normalized spacial score (nSPS) is 33.9. The van der Waals surface area contributed by atoms with Crippen LogP contribution in [0.2, 0.25) is 0 Å². The third-order valence-electron chi connectivity index (χ3n) is 0.953. The van der Waals surface area contributed by atoms with Crippen molar-refractivity contribution in [3.05, 3.63) is 0 Å². The van der Waals surface area contributed by atoms with Crippen molar-refractivity contribution >= 4 is 21.6 Å². The van der Waals surface area contributed by atoms with Crippen LogP contribution in [0.15, 0.2) is 0 Å². The van der Waals surface area contributed by atoms with Crippen LogP contribution in [0.25, 0.3) is 0 Å². The fourth-order valence-electron chi connectivity index (χ4n) is 0.578. The van der Waals surface area contributed by atoms with Crippen LogP contribution in [0.4, 0.5) is 0 Å². The summed E-state index contributed by atoms with van der Waals surface area (Å²) in [6, 6.07) is -0.0123. The zero-order valence-corrected chi connectivity index (χ0v) is 5.67. The summed E-state index contributed by atoms with van der Waals surface area (Å²) in [5, 5.41) is 0. The number of nitrogens with one attached hydrogen (secondary N) is 1. The number of halogens is 1. The van der Waals surface area contributed by atoms with Gasteiger partial charge in [-0.1, -0.05) is 0 Å². The predicted molar refractivity (Wildman–Crippen MR) is 31.4 cm³/mol. The van der Waals surface area contributed by atoms with Gasteiger partial charge in [-0.3, -0.25) is 0 Å². The van der Waals surface area contributed by atoms with E-state index in [-0.39, 0.29) is 11.8 Å². The molecule has 1 aliphatic rings. The summed E-state index contributed by atoms with van der Waals surface area (Å²) in [5.74, 6) is 0.565. The molecule has 0 spiro atoms. The van der Waals surface area contributed by atoms with Crippen molar-refractivity contribution in [3.63, 3.8) is 0 Å². The molecule has 0 radical (unpaired) electrons. The highest BCUT2D eigenvalue weighted by molar-refractivity contribution is 7.90. The Balaban J connectivity index is 2.43. The van der Waals surface area contributed by atoms with Crippen molar-refractivity contribution in [2.24, 2.45) is 0 Å². The molecule has 1 heterocycles. The zero-order chi connectivity index (χ0) is 6.20. The molecule has 0 aromatic carbocycles. The lowest BCUT2D eigenvalue weighted by Crippen LogP contribution is -2.54. The lowest BCUT2D eigenvalue weighted by molar-refractivity contribution is 0.532. The monoisotopic (exact) mass is 155 g/mol. The van der Waals surface area contributed by atoms with Gasteiger partial charge in [0, 0.05) is 5.88 Å². The number of rotatable bonds is 1. The molecule has 1 fully saturated rings. The van der Waals surface area contributed by atoms with Crippen LogP contribution in [-0.4, -0.2) is 26.1 Å². The first-order chi connectivity index (χ1) is 3.64. The summed E-state index contributed by atoms with van der Waals surface area (Å²) in [4.78, 5) is 0. The quantitative estimate of drug-likeness (QED) is 0.521. The van der Waals surface area contributed by atoms with Gasteiger partial charge in [-0.2, -0.15) is 0 Å². The molecule has 8 heavy (non-hydrogen) atoms. The number of alkyl halides is 1. The van der Waals surface area contributed by atoms with Crippen molar-refractivity contribution in [1.82, 2.24) is 4.72 Å². The second-order valence-corrected chi connectivity index (χ2v) is 3.86. The maximum absolute atomic E-state index is 10.3. The molecule has 1 saturated heterocycles. The van der Waals surface area contributed by atoms with E-state index in [4.69, 9.17) is 11.6 Å². The summed E-state index contributed by atoms with van der Waals surface area (Å²) in [6.07, 6.45) is 0. The van der Waals surface area contributed by atoms with E-state index in [2.05, 4.69) is 4.72 Å². The van der Waals surface area contributed by atoms with Crippen LogP contribution in [0.1, 0.15) is 0 Å². The lowest BCUT2D eigenvalue weighted by Gasteiger charge is -2.24. The molecule has 48 valence electrons. The van der Waals surface area contributed by atoms with E-state index in [1.807, 2.05) is 0 Å². The van der Waals surface area contributed by atoms with Gasteiger partial charge >= 0.3 is 0 Å². The molecule has 1 N–H and O–H groups in total. The highest BCUT2D eigenvalue weighted by Gasteiger charge is 2.30. The lowest BCUT2D eigenvalue weighted by atomic mass is 10.4. The van der Waals surface area contributed by atoms with Gasteiger partial charge < -0.3 is 0 Å². The highest BCUT2D eigenvalue weighted by Crippen LogP contribution is 2.05. The standard InChI is InChI=1S/C3H6ClNO2S/c4-1-3-2-8(6,7)5-3/h3,5H,1-2H2/t3-/m1/s1. The maximum Gasteiger partial charge on any atom is 0.213 e. The average Bonchev–Trinajstić information content (AvgIpc) is 1.60. The molecule has 0 aromatic rings. The molecule has 3 nitrogen and oxygen atoms in total. The van der Waals surface area contributed by atoms with E-state index in [9.17, 15) is 8.42 Å². The van der Waals surface area contributed by atoms with E-state index >= 15 is 0 Å². The van der Waals surface area contributed by atoms with E-state index in [0.29, 0.717) is 5.88 Å². The fourth-order valence-corrected chi connectivity index (χ4v) is 2.19. The number of hydrogen-bond donors (Lipinski definition) is 1. The van der Waals surface area contributed by atoms with Gasteiger partial charge in [0.05, 0.1) is 11.8 Å². The molecule has 0 aliphatic carbocycles. The van der Waals surface area contributed by atoms with Gasteiger partial charge in [0.25, 0.3) is 0 Å². The topological polar surface area (TPSA) is 46.2 Å². The molecular weight excluding hydrogens is 150 g/mol. The van der Waals surface area contributed by atoms with E-state index in [0.717, 1.165) is 0 Å². The largest absolute Gasteiger partial charge is 0.213 e. The van der Waals surface area contributed by atoms with Crippen molar-refractivity contribution in [1.29, 1.82) is 0 Å². The Hall–Kier alpha value is 0.200. The molecule has 1 rings (SSSR count). The minimum Gasteiger partial charge on any atom is -0.212 e. The highest BCUT2D eigenvalue weighted by atomic mass is 35.5. The number of sulfonamides is 1. The van der Waals surface area contributed by atoms with Crippen molar-refractivity contribution < 1.29 is 8.42 Å². The van der Waals surface area contributed by atoms with E-state index < -0.39 is 10.0 Å². The van der Waals surface area contributed by atoms with Crippen molar-refractivity contribution in [2.75, 3.05) is 11.6 Å². The van der Waals surface area contributed by atoms with Gasteiger partial charge in [-0.05, 0) is 0 Å². The van der Waals surface area contributed by atoms with Gasteiger partial charge in [0.1, 0.15) is 0 Å². The summed E-state index contributed by atoms with van der Waals surface area (Å²) in [5.41, 5.74) is 0. The Bertz CT molecular complexity index is 164. The molecule has 5 heteroatoms. The minimum atomic E-state index is -2.88. The van der Waals surface area contributed by atoms with E-state index in [1.165, 1.54) is 0 Å². The van der Waals surface area contributed by atoms with Crippen LogP contribution >= 0.6 is 11.6 Å². The molecule has 1 atom stereocenters. The Kier molecular flexibility index (Phi) is 1.47. The van der Waals surface area contributed by atoms with Crippen LogP contribution in [0, 0.1) is 0 Å². The van der Waals surface area contributed by atoms with Crippen LogP contribution < -0.4 is 4.72 Å². The Morgan fingerprint density at radius 3 is 2.38 bits per heavy atom. The van der Waals surface area contributed by atoms with Gasteiger partial charge in [0.2, 0.25) is 10.0 Å². The van der Waals surface area contributed by atoms with Gasteiger partial charge in [-0.15, -0.1) is 11.6 Å². The molecule has 0 saturated carbocycles. The third kappa shape index (κ3) is 1.13. The van der Waals surface area contributed by atoms with Crippen LogP contribution in [0.3, 0.4) is 0 Å². The Morgan fingerprint density at radius 1 is 1.75 bits per heavy atom. The summed E-state index contributed by atoms with van der Waals surface area (Å²) >= 11 is 5.30.